The van der Waals surface area contributed by atoms with Gasteiger partial charge < -0.3 is 0 Å². The molecule has 0 amide bonds. The van der Waals surface area contributed by atoms with Gasteiger partial charge in [0.15, 0.2) is 0 Å². The summed E-state index contributed by atoms with van der Waals surface area (Å²) in [5, 5.41) is 11.0. The quantitative estimate of drug-likeness (QED) is 0.674. The zero-order chi connectivity index (χ0) is 13.2. The molecule has 1 heterocycles. The van der Waals surface area contributed by atoms with Crippen LogP contribution in [0.15, 0.2) is 48.5 Å². The molecule has 2 nitrogen and oxygen atoms in total. The summed E-state index contributed by atoms with van der Waals surface area (Å²) < 4.78 is 0. The highest BCUT2D eigenvalue weighted by Gasteiger charge is 2.11. The number of nitrogens with zero attached hydrogens (tertiary/aromatic N) is 2. The van der Waals surface area contributed by atoms with Gasteiger partial charge in [-0.1, -0.05) is 65.4 Å². The Morgan fingerprint density at radius 2 is 1.42 bits per heavy atom. The molecule has 0 N–H and O–H groups in total. The average molecular weight is 287 g/mol. The van der Waals surface area contributed by atoms with Crippen LogP contribution < -0.4 is 0 Å². The fraction of sp³-hybridized carbons (Fsp3) is 0.0667. The van der Waals surface area contributed by atoms with E-state index in [1.807, 2.05) is 36.4 Å². The highest BCUT2D eigenvalue weighted by atomic mass is 35.5. The van der Waals surface area contributed by atoms with Crippen LogP contribution in [-0.4, -0.2) is 10.2 Å². The molecule has 2 aromatic carbocycles. The molecule has 0 saturated carbocycles. The van der Waals surface area contributed by atoms with Gasteiger partial charge in [0.2, 0.25) is 0 Å². The fourth-order valence-corrected chi connectivity index (χ4v) is 3.14. The van der Waals surface area contributed by atoms with Crippen LogP contribution in [0, 0.1) is 6.92 Å². The zero-order valence-corrected chi connectivity index (χ0v) is 11.9. The maximum Gasteiger partial charge on any atom is 0.149 e. The van der Waals surface area contributed by atoms with Gasteiger partial charge >= 0.3 is 0 Å². The first kappa shape index (κ1) is 12.3. The van der Waals surface area contributed by atoms with E-state index >= 15 is 0 Å². The molecule has 0 aliphatic carbocycles. The second-order valence-electron chi connectivity index (χ2n) is 4.21. The SMILES string of the molecule is Cc1ccccc1-c1nnc(-c2ccccc2Cl)s1. The van der Waals surface area contributed by atoms with E-state index in [-0.39, 0.29) is 0 Å². The van der Waals surface area contributed by atoms with Crippen molar-refractivity contribution in [1.82, 2.24) is 10.2 Å². The van der Waals surface area contributed by atoms with Gasteiger partial charge in [0.25, 0.3) is 0 Å². The Morgan fingerprint density at radius 1 is 0.842 bits per heavy atom. The van der Waals surface area contributed by atoms with Crippen LogP contribution in [-0.2, 0) is 0 Å². The van der Waals surface area contributed by atoms with Crippen molar-refractivity contribution in [3.05, 3.63) is 59.1 Å². The van der Waals surface area contributed by atoms with Gasteiger partial charge in [-0.25, -0.2) is 0 Å². The molecule has 1 aromatic heterocycles. The van der Waals surface area contributed by atoms with Crippen molar-refractivity contribution in [2.24, 2.45) is 0 Å². The second kappa shape index (κ2) is 5.11. The van der Waals surface area contributed by atoms with Crippen molar-refractivity contribution >= 4 is 22.9 Å². The number of hydrogen-bond acceptors (Lipinski definition) is 3. The van der Waals surface area contributed by atoms with Crippen LogP contribution >= 0.6 is 22.9 Å². The summed E-state index contributed by atoms with van der Waals surface area (Å²) in [5.41, 5.74) is 3.25. The lowest BCUT2D eigenvalue weighted by Gasteiger charge is -1.99. The van der Waals surface area contributed by atoms with Gasteiger partial charge in [-0.15, -0.1) is 10.2 Å². The van der Waals surface area contributed by atoms with E-state index in [0.717, 1.165) is 21.1 Å². The molecule has 0 spiro atoms. The van der Waals surface area contributed by atoms with Crippen LogP contribution in [0.25, 0.3) is 21.1 Å². The Bertz CT molecular complexity index is 661. The lowest BCUT2D eigenvalue weighted by Crippen LogP contribution is -1.81. The number of hydrogen-bond donors (Lipinski definition) is 0. The highest BCUT2D eigenvalue weighted by molar-refractivity contribution is 7.18. The maximum absolute atomic E-state index is 6.18. The molecule has 0 fully saturated rings. The number of aryl methyl sites for hydroxylation is 1. The van der Waals surface area contributed by atoms with E-state index in [1.54, 1.807) is 11.3 Å². The smallest absolute Gasteiger partial charge is 0.138 e. The average Bonchev–Trinajstić information content (AvgIpc) is 2.89. The largest absolute Gasteiger partial charge is 0.149 e. The first-order valence-corrected chi connectivity index (χ1v) is 7.09. The van der Waals surface area contributed by atoms with Gasteiger partial charge in [-0.3, -0.25) is 0 Å². The van der Waals surface area contributed by atoms with Crippen LogP contribution in [0.2, 0.25) is 5.02 Å². The highest BCUT2D eigenvalue weighted by Crippen LogP contribution is 2.34. The minimum atomic E-state index is 0.704. The molecule has 19 heavy (non-hydrogen) atoms. The van der Waals surface area contributed by atoms with Crippen molar-refractivity contribution in [2.75, 3.05) is 0 Å². The second-order valence-corrected chi connectivity index (χ2v) is 5.59. The van der Waals surface area contributed by atoms with Gasteiger partial charge in [-0.2, -0.15) is 0 Å². The van der Waals surface area contributed by atoms with Gasteiger partial charge in [-0.05, 0) is 18.6 Å². The van der Waals surface area contributed by atoms with Crippen molar-refractivity contribution in [3.8, 4) is 21.1 Å². The first-order valence-electron chi connectivity index (χ1n) is 5.90. The molecule has 0 unspecified atom stereocenters. The van der Waals surface area contributed by atoms with Crippen molar-refractivity contribution in [2.45, 2.75) is 6.92 Å². The molecule has 0 radical (unpaired) electrons. The van der Waals surface area contributed by atoms with Gasteiger partial charge in [0.1, 0.15) is 10.0 Å². The summed E-state index contributed by atoms with van der Waals surface area (Å²) >= 11 is 7.74. The molecule has 0 bridgehead atoms. The Kier molecular flexibility index (Phi) is 3.32. The number of halogens is 1. The summed E-state index contributed by atoms with van der Waals surface area (Å²) in [6.07, 6.45) is 0. The van der Waals surface area contributed by atoms with E-state index in [2.05, 4.69) is 29.3 Å². The predicted molar refractivity (Wildman–Crippen MR) is 80.5 cm³/mol. The molecule has 0 atom stereocenters. The van der Waals surface area contributed by atoms with Gasteiger partial charge in [0, 0.05) is 11.1 Å². The minimum absolute atomic E-state index is 0.704. The third kappa shape index (κ3) is 2.39. The summed E-state index contributed by atoms with van der Waals surface area (Å²) in [7, 11) is 0. The Morgan fingerprint density at radius 3 is 2.11 bits per heavy atom. The van der Waals surface area contributed by atoms with E-state index in [4.69, 9.17) is 11.6 Å². The summed E-state index contributed by atoms with van der Waals surface area (Å²) in [4.78, 5) is 0. The fourth-order valence-electron chi connectivity index (χ4n) is 1.89. The minimum Gasteiger partial charge on any atom is -0.138 e. The third-order valence-electron chi connectivity index (χ3n) is 2.90. The summed E-state index contributed by atoms with van der Waals surface area (Å²) in [5.74, 6) is 0. The van der Waals surface area contributed by atoms with Crippen molar-refractivity contribution in [1.29, 1.82) is 0 Å². The van der Waals surface area contributed by atoms with Crippen LogP contribution in [0.3, 0.4) is 0 Å². The molecular formula is C15H11ClN2S. The monoisotopic (exact) mass is 286 g/mol. The maximum atomic E-state index is 6.18. The van der Waals surface area contributed by atoms with E-state index in [9.17, 15) is 0 Å². The number of benzene rings is 2. The summed E-state index contributed by atoms with van der Waals surface area (Å²) in [6.45, 7) is 2.08. The molecule has 0 aliphatic rings. The Balaban J connectivity index is 2.06. The Labute approximate surface area is 120 Å². The lowest BCUT2D eigenvalue weighted by molar-refractivity contribution is 1.10. The standard InChI is InChI=1S/C15H11ClN2S/c1-10-6-2-3-7-11(10)14-17-18-15(19-14)12-8-4-5-9-13(12)16/h2-9H,1H3. The topological polar surface area (TPSA) is 25.8 Å². The molecule has 3 rings (SSSR count). The normalized spacial score (nSPS) is 10.6. The molecule has 0 saturated heterocycles. The van der Waals surface area contributed by atoms with Crippen molar-refractivity contribution in [3.63, 3.8) is 0 Å². The van der Waals surface area contributed by atoms with E-state index in [1.165, 1.54) is 5.56 Å². The van der Waals surface area contributed by atoms with Crippen LogP contribution in [0.1, 0.15) is 5.56 Å². The Hall–Kier alpha value is -1.71. The molecular weight excluding hydrogens is 276 g/mol. The molecule has 94 valence electrons. The molecule has 3 aromatic rings. The van der Waals surface area contributed by atoms with E-state index < -0.39 is 0 Å². The zero-order valence-electron chi connectivity index (χ0n) is 10.3. The third-order valence-corrected chi connectivity index (χ3v) is 4.22. The molecule has 0 aliphatic heterocycles. The molecule has 4 heteroatoms. The predicted octanol–water partition coefficient (Wildman–Crippen LogP) is 4.83. The number of aromatic nitrogens is 2. The van der Waals surface area contributed by atoms with Crippen LogP contribution in [0.4, 0.5) is 0 Å². The first-order chi connectivity index (χ1) is 9.25. The van der Waals surface area contributed by atoms with Crippen LogP contribution in [0.5, 0.6) is 0 Å². The number of rotatable bonds is 2. The van der Waals surface area contributed by atoms with Crippen molar-refractivity contribution < 1.29 is 0 Å². The van der Waals surface area contributed by atoms with E-state index in [0.29, 0.717) is 5.02 Å². The lowest BCUT2D eigenvalue weighted by atomic mass is 10.1. The summed E-state index contributed by atoms with van der Waals surface area (Å²) in [6, 6.07) is 15.9. The van der Waals surface area contributed by atoms with Gasteiger partial charge in [0.05, 0.1) is 5.02 Å².